The number of likely N-dealkylation sites (tertiary alicyclic amines) is 1. The van der Waals surface area contributed by atoms with E-state index in [0.29, 0.717) is 32.5 Å². The minimum absolute atomic E-state index is 0.0644. The largest absolute Gasteiger partial charge is 0.497 e. The van der Waals surface area contributed by atoms with Crippen molar-refractivity contribution < 1.29 is 24.1 Å². The van der Waals surface area contributed by atoms with Gasteiger partial charge in [0.25, 0.3) is 0 Å². The highest BCUT2D eigenvalue weighted by molar-refractivity contribution is 5.70. The number of carboxylic acid groups (broad SMARTS) is 1. The predicted molar refractivity (Wildman–Crippen MR) is 111 cm³/mol. The Bertz CT molecular complexity index is 813. The third-order valence-corrected chi connectivity index (χ3v) is 5.48. The number of carboxylic acids is 1. The van der Waals surface area contributed by atoms with Crippen LogP contribution < -0.4 is 14.2 Å². The summed E-state index contributed by atoms with van der Waals surface area (Å²) in [6, 6.07) is 13.8. The minimum atomic E-state index is -0.707. The van der Waals surface area contributed by atoms with Crippen LogP contribution in [0.5, 0.6) is 17.2 Å². The summed E-state index contributed by atoms with van der Waals surface area (Å²) in [5.41, 5.74) is 2.11. The fourth-order valence-electron chi connectivity index (χ4n) is 3.96. The van der Waals surface area contributed by atoms with Gasteiger partial charge in [-0.25, -0.2) is 0 Å². The monoisotopic (exact) mass is 399 g/mol. The molecular formula is C23H29NO5. The summed E-state index contributed by atoms with van der Waals surface area (Å²) in [7, 11) is 3.31. The van der Waals surface area contributed by atoms with Crippen LogP contribution in [0.1, 0.15) is 36.9 Å². The highest BCUT2D eigenvalue weighted by atomic mass is 16.5. The molecule has 1 saturated heterocycles. The van der Waals surface area contributed by atoms with Crippen LogP contribution in [-0.4, -0.2) is 49.9 Å². The lowest BCUT2D eigenvalue weighted by molar-refractivity contribution is -0.143. The second-order valence-corrected chi connectivity index (χ2v) is 7.16. The summed E-state index contributed by atoms with van der Waals surface area (Å²) in [5.74, 6) is 1.39. The van der Waals surface area contributed by atoms with E-state index < -0.39 is 5.97 Å². The van der Waals surface area contributed by atoms with Crippen molar-refractivity contribution in [1.82, 2.24) is 4.90 Å². The Morgan fingerprint density at radius 1 is 1.07 bits per heavy atom. The molecule has 0 saturated carbocycles. The number of piperidine rings is 1. The van der Waals surface area contributed by atoms with Gasteiger partial charge in [0.15, 0.2) is 0 Å². The Morgan fingerprint density at radius 2 is 1.72 bits per heavy atom. The Kier molecular flexibility index (Phi) is 6.99. The molecule has 0 amide bonds. The van der Waals surface area contributed by atoms with Gasteiger partial charge in [0.1, 0.15) is 17.2 Å². The standard InChI is InChI=1S/C23H29NO5/c1-4-29-18-7-5-16(6-8-18)22(24-13-11-17(12-14-24)23(25)26)20-15-19(27-2)9-10-21(20)28-3/h5-10,15,17,22H,4,11-14H2,1-3H3,(H,25,26). The summed E-state index contributed by atoms with van der Waals surface area (Å²) in [6.07, 6.45) is 1.27. The van der Waals surface area contributed by atoms with E-state index in [-0.39, 0.29) is 12.0 Å². The summed E-state index contributed by atoms with van der Waals surface area (Å²) in [6.45, 7) is 3.99. The molecule has 1 N–H and O–H groups in total. The van der Waals surface area contributed by atoms with Gasteiger partial charge >= 0.3 is 5.97 Å². The fourth-order valence-corrected chi connectivity index (χ4v) is 3.96. The number of hydrogen-bond donors (Lipinski definition) is 1. The summed E-state index contributed by atoms with van der Waals surface area (Å²) < 4.78 is 16.7. The van der Waals surface area contributed by atoms with Gasteiger partial charge in [-0.05, 0) is 68.8 Å². The molecule has 2 aromatic rings. The lowest BCUT2D eigenvalue weighted by Crippen LogP contribution is -2.39. The maximum absolute atomic E-state index is 11.4. The Balaban J connectivity index is 1.99. The van der Waals surface area contributed by atoms with Crippen LogP contribution in [0, 0.1) is 5.92 Å². The number of nitrogens with zero attached hydrogens (tertiary/aromatic N) is 1. The fraction of sp³-hybridized carbons (Fsp3) is 0.435. The lowest BCUT2D eigenvalue weighted by atomic mass is 9.90. The highest BCUT2D eigenvalue weighted by Crippen LogP contribution is 2.39. The van der Waals surface area contributed by atoms with Crippen molar-refractivity contribution in [3.63, 3.8) is 0 Å². The quantitative estimate of drug-likeness (QED) is 0.724. The third kappa shape index (κ3) is 4.82. The predicted octanol–water partition coefficient (Wildman–Crippen LogP) is 3.99. The lowest BCUT2D eigenvalue weighted by Gasteiger charge is -2.37. The molecule has 0 bridgehead atoms. The smallest absolute Gasteiger partial charge is 0.306 e. The van der Waals surface area contributed by atoms with E-state index in [9.17, 15) is 9.90 Å². The molecule has 6 heteroatoms. The van der Waals surface area contributed by atoms with E-state index in [1.54, 1.807) is 14.2 Å². The van der Waals surface area contributed by atoms with Gasteiger partial charge in [-0.3, -0.25) is 9.69 Å². The number of carbonyl (C=O) groups is 1. The van der Waals surface area contributed by atoms with E-state index in [1.807, 2.05) is 37.3 Å². The molecule has 0 aromatic heterocycles. The van der Waals surface area contributed by atoms with Gasteiger partial charge in [0.05, 0.1) is 32.8 Å². The number of benzene rings is 2. The van der Waals surface area contributed by atoms with Crippen molar-refractivity contribution in [2.45, 2.75) is 25.8 Å². The summed E-state index contributed by atoms with van der Waals surface area (Å²) in [4.78, 5) is 13.7. The summed E-state index contributed by atoms with van der Waals surface area (Å²) in [5, 5.41) is 9.36. The molecular weight excluding hydrogens is 370 g/mol. The highest BCUT2D eigenvalue weighted by Gasteiger charge is 2.31. The first-order valence-corrected chi connectivity index (χ1v) is 9.98. The second-order valence-electron chi connectivity index (χ2n) is 7.16. The Hall–Kier alpha value is -2.73. The zero-order chi connectivity index (χ0) is 20.8. The topological polar surface area (TPSA) is 68.2 Å². The first kappa shape index (κ1) is 21.0. The van der Waals surface area contributed by atoms with Gasteiger partial charge in [0, 0.05) is 5.56 Å². The number of methoxy groups -OCH3 is 2. The van der Waals surface area contributed by atoms with Crippen molar-refractivity contribution in [1.29, 1.82) is 0 Å². The molecule has 3 rings (SSSR count). The molecule has 0 aliphatic carbocycles. The maximum Gasteiger partial charge on any atom is 0.306 e. The van der Waals surface area contributed by atoms with E-state index in [4.69, 9.17) is 14.2 Å². The Morgan fingerprint density at radius 3 is 2.28 bits per heavy atom. The maximum atomic E-state index is 11.4. The van der Waals surface area contributed by atoms with Crippen LogP contribution in [0.15, 0.2) is 42.5 Å². The molecule has 0 spiro atoms. The van der Waals surface area contributed by atoms with E-state index >= 15 is 0 Å². The number of hydrogen-bond acceptors (Lipinski definition) is 5. The first-order valence-electron chi connectivity index (χ1n) is 9.98. The van der Waals surface area contributed by atoms with Gasteiger partial charge < -0.3 is 19.3 Å². The van der Waals surface area contributed by atoms with Gasteiger partial charge in [0.2, 0.25) is 0 Å². The van der Waals surface area contributed by atoms with Crippen molar-refractivity contribution in [2.75, 3.05) is 33.9 Å². The molecule has 1 aliphatic rings. The molecule has 29 heavy (non-hydrogen) atoms. The van der Waals surface area contributed by atoms with Crippen LogP contribution in [0.4, 0.5) is 0 Å². The van der Waals surface area contributed by atoms with Crippen LogP contribution in [0.3, 0.4) is 0 Å². The summed E-state index contributed by atoms with van der Waals surface area (Å²) >= 11 is 0. The molecule has 1 heterocycles. The molecule has 1 aliphatic heterocycles. The first-order chi connectivity index (χ1) is 14.1. The van der Waals surface area contributed by atoms with Crippen molar-refractivity contribution >= 4 is 5.97 Å². The Labute approximate surface area is 172 Å². The molecule has 1 atom stereocenters. The molecule has 0 radical (unpaired) electrons. The van der Waals surface area contributed by atoms with E-state index in [0.717, 1.165) is 28.4 Å². The molecule has 1 unspecified atom stereocenters. The normalized spacial score (nSPS) is 16.2. The molecule has 2 aromatic carbocycles. The van der Waals surface area contributed by atoms with Crippen molar-refractivity contribution in [3.05, 3.63) is 53.6 Å². The minimum Gasteiger partial charge on any atom is -0.497 e. The van der Waals surface area contributed by atoms with Gasteiger partial charge in [-0.1, -0.05) is 12.1 Å². The molecule has 6 nitrogen and oxygen atoms in total. The number of aliphatic carboxylic acids is 1. The van der Waals surface area contributed by atoms with E-state index in [2.05, 4.69) is 17.0 Å². The van der Waals surface area contributed by atoms with E-state index in [1.165, 1.54) is 0 Å². The second kappa shape index (κ2) is 9.65. The third-order valence-electron chi connectivity index (χ3n) is 5.48. The zero-order valence-electron chi connectivity index (χ0n) is 17.3. The van der Waals surface area contributed by atoms with Crippen LogP contribution in [0.25, 0.3) is 0 Å². The zero-order valence-corrected chi connectivity index (χ0v) is 17.3. The number of ether oxygens (including phenoxy) is 3. The van der Waals surface area contributed by atoms with Crippen molar-refractivity contribution in [2.24, 2.45) is 5.92 Å². The van der Waals surface area contributed by atoms with Crippen LogP contribution in [0.2, 0.25) is 0 Å². The average Bonchev–Trinajstić information content (AvgIpc) is 2.75. The van der Waals surface area contributed by atoms with Crippen molar-refractivity contribution in [3.8, 4) is 17.2 Å². The SMILES string of the molecule is CCOc1ccc(C(c2cc(OC)ccc2OC)N2CCC(C(=O)O)CC2)cc1. The molecule has 156 valence electrons. The molecule has 1 fully saturated rings. The van der Waals surface area contributed by atoms with Crippen LogP contribution >= 0.6 is 0 Å². The van der Waals surface area contributed by atoms with Crippen LogP contribution in [-0.2, 0) is 4.79 Å². The number of rotatable bonds is 8. The van der Waals surface area contributed by atoms with Gasteiger partial charge in [-0.2, -0.15) is 0 Å². The average molecular weight is 399 g/mol. The van der Waals surface area contributed by atoms with Gasteiger partial charge in [-0.15, -0.1) is 0 Å².